The normalized spacial score (nSPS) is 22.0. The van der Waals surface area contributed by atoms with Gasteiger partial charge in [-0.1, -0.05) is 18.2 Å². The molecule has 0 saturated carbocycles. The van der Waals surface area contributed by atoms with E-state index in [1.165, 1.54) is 5.56 Å². The minimum Gasteiger partial charge on any atom is -0.488 e. The van der Waals surface area contributed by atoms with Crippen LogP contribution < -0.4 is 10.1 Å². The quantitative estimate of drug-likeness (QED) is 0.692. The Morgan fingerprint density at radius 3 is 2.93 bits per heavy atom. The van der Waals surface area contributed by atoms with Gasteiger partial charge in [0.25, 0.3) is 0 Å². The highest BCUT2D eigenvalue weighted by Gasteiger charge is 2.30. The first-order valence-electron chi connectivity index (χ1n) is 10.5. The fourth-order valence-electron chi connectivity index (χ4n) is 4.44. The van der Waals surface area contributed by atoms with Crippen molar-refractivity contribution in [3.63, 3.8) is 0 Å². The number of likely N-dealkylation sites (tertiary alicyclic amines) is 1. The van der Waals surface area contributed by atoms with Crippen LogP contribution in [0.25, 0.3) is 11.0 Å². The first kappa shape index (κ1) is 19.2. The number of para-hydroxylation sites is 1. The Morgan fingerprint density at radius 1 is 1.23 bits per heavy atom. The topological polar surface area (TPSA) is 74.9 Å². The van der Waals surface area contributed by atoms with Crippen molar-refractivity contribution in [2.75, 3.05) is 18.4 Å². The number of nitrogens with zero attached hydrogens (tertiary/aromatic N) is 1. The first-order chi connectivity index (χ1) is 14.6. The number of furan rings is 1. The van der Waals surface area contributed by atoms with E-state index in [-0.39, 0.29) is 12.0 Å². The number of carbonyl (C=O) groups excluding carboxylic acids is 1. The summed E-state index contributed by atoms with van der Waals surface area (Å²) in [5.41, 5.74) is 4.02. The van der Waals surface area contributed by atoms with Gasteiger partial charge in [-0.3, -0.25) is 9.69 Å². The van der Waals surface area contributed by atoms with Crippen molar-refractivity contribution < 1.29 is 19.1 Å². The largest absolute Gasteiger partial charge is 0.488 e. The average molecular weight is 406 g/mol. The second kappa shape index (κ2) is 7.78. The Hall–Kier alpha value is -2.83. The summed E-state index contributed by atoms with van der Waals surface area (Å²) in [4.78, 5) is 13.7. The summed E-state index contributed by atoms with van der Waals surface area (Å²) >= 11 is 0. The van der Waals surface area contributed by atoms with Gasteiger partial charge >= 0.3 is 0 Å². The molecule has 1 saturated heterocycles. The van der Waals surface area contributed by atoms with Crippen molar-refractivity contribution in [2.45, 2.75) is 44.9 Å². The van der Waals surface area contributed by atoms with E-state index in [9.17, 15) is 9.90 Å². The van der Waals surface area contributed by atoms with Gasteiger partial charge in [0.2, 0.25) is 5.91 Å². The third-order valence-corrected chi connectivity index (χ3v) is 6.17. The first-order valence-corrected chi connectivity index (χ1v) is 10.5. The number of anilines is 1. The van der Waals surface area contributed by atoms with Gasteiger partial charge in [-0.05, 0) is 55.2 Å². The Balaban J connectivity index is 1.22. The lowest BCUT2D eigenvalue weighted by Crippen LogP contribution is -2.48. The highest BCUT2D eigenvalue weighted by Crippen LogP contribution is 2.30. The third kappa shape index (κ3) is 3.68. The molecule has 2 aromatic carbocycles. The molecule has 2 atom stereocenters. The lowest BCUT2D eigenvalue weighted by atomic mass is 10.0. The number of β-amino-alcohol motifs (C(OH)–C–C–N with tert-alkyl or cyclic N) is 1. The van der Waals surface area contributed by atoms with E-state index in [0.29, 0.717) is 19.5 Å². The van der Waals surface area contributed by atoms with Crippen LogP contribution in [0.3, 0.4) is 0 Å². The van der Waals surface area contributed by atoms with Crippen molar-refractivity contribution in [3.8, 4) is 5.75 Å². The minimum absolute atomic E-state index is 0.0543. The van der Waals surface area contributed by atoms with Crippen LogP contribution in [0, 0.1) is 6.92 Å². The van der Waals surface area contributed by atoms with Crippen molar-refractivity contribution in [2.24, 2.45) is 0 Å². The van der Waals surface area contributed by atoms with Crippen LogP contribution in [-0.2, 0) is 17.8 Å². The second-order valence-electron chi connectivity index (χ2n) is 8.26. The molecule has 6 heteroatoms. The Labute approximate surface area is 175 Å². The average Bonchev–Trinajstić information content (AvgIpc) is 3.06. The molecule has 3 aromatic rings. The Morgan fingerprint density at radius 2 is 2.10 bits per heavy atom. The van der Waals surface area contributed by atoms with Gasteiger partial charge in [0.05, 0.1) is 6.54 Å². The number of hydrogen-bond donors (Lipinski definition) is 2. The Kier molecular flexibility index (Phi) is 4.97. The van der Waals surface area contributed by atoms with Crippen LogP contribution in [0.1, 0.15) is 29.7 Å². The summed E-state index contributed by atoms with van der Waals surface area (Å²) in [5, 5.41) is 14.7. The summed E-state index contributed by atoms with van der Waals surface area (Å²) in [7, 11) is 0. The number of hydrogen-bond acceptors (Lipinski definition) is 5. The van der Waals surface area contributed by atoms with E-state index < -0.39 is 6.10 Å². The molecular weight excluding hydrogens is 380 g/mol. The molecule has 2 aliphatic heterocycles. The summed E-state index contributed by atoms with van der Waals surface area (Å²) in [6.07, 6.45) is 1.15. The number of aliphatic hydroxyl groups excluding tert-OH is 1. The highest BCUT2D eigenvalue weighted by atomic mass is 16.5. The van der Waals surface area contributed by atoms with Gasteiger partial charge in [-0.2, -0.15) is 0 Å². The predicted molar refractivity (Wildman–Crippen MR) is 115 cm³/mol. The molecule has 156 valence electrons. The maximum atomic E-state index is 11.5. The molecular formula is C24H26N2O4. The predicted octanol–water partition coefficient (Wildman–Crippen LogP) is 3.64. The molecule has 30 heavy (non-hydrogen) atoms. The van der Waals surface area contributed by atoms with Crippen LogP contribution in [0.5, 0.6) is 5.75 Å². The number of fused-ring (bicyclic) bond motifs is 2. The van der Waals surface area contributed by atoms with E-state index in [0.717, 1.165) is 53.1 Å². The standard InChI is InChI=1S/C24H26N2O4/c1-15-18-4-2-3-5-21(18)30-23(15)14-26-11-10-22(20(27)13-26)29-17-7-8-19-16(12-17)6-9-24(28)25-19/h2-5,7-8,12,20,22,27H,6,9-11,13-14H2,1H3,(H,25,28)/t20-,22-/m1/s1. The fourth-order valence-corrected chi connectivity index (χ4v) is 4.44. The number of carbonyl (C=O) groups is 1. The van der Waals surface area contributed by atoms with Crippen molar-refractivity contribution in [3.05, 3.63) is 59.4 Å². The van der Waals surface area contributed by atoms with Crippen LogP contribution in [0.4, 0.5) is 5.69 Å². The summed E-state index contributed by atoms with van der Waals surface area (Å²) in [6, 6.07) is 13.8. The van der Waals surface area contributed by atoms with Gasteiger partial charge in [0.15, 0.2) is 0 Å². The fraction of sp³-hybridized carbons (Fsp3) is 0.375. The number of ether oxygens (including phenoxy) is 1. The van der Waals surface area contributed by atoms with E-state index in [2.05, 4.69) is 23.2 Å². The van der Waals surface area contributed by atoms with Gasteiger partial charge < -0.3 is 19.6 Å². The number of aryl methyl sites for hydroxylation is 2. The van der Waals surface area contributed by atoms with Gasteiger partial charge in [0, 0.05) is 30.6 Å². The molecule has 3 heterocycles. The number of benzene rings is 2. The van der Waals surface area contributed by atoms with E-state index in [1.54, 1.807) is 0 Å². The molecule has 5 rings (SSSR count). The van der Waals surface area contributed by atoms with Crippen molar-refractivity contribution >= 4 is 22.6 Å². The molecule has 0 unspecified atom stereocenters. The highest BCUT2D eigenvalue weighted by molar-refractivity contribution is 5.94. The minimum atomic E-state index is -0.570. The van der Waals surface area contributed by atoms with E-state index >= 15 is 0 Å². The summed E-state index contributed by atoms with van der Waals surface area (Å²) in [6.45, 7) is 4.15. The molecule has 2 aliphatic rings. The van der Waals surface area contributed by atoms with E-state index in [1.807, 2.05) is 36.4 Å². The van der Waals surface area contributed by atoms with Gasteiger partial charge in [0.1, 0.15) is 29.3 Å². The van der Waals surface area contributed by atoms with Crippen molar-refractivity contribution in [1.82, 2.24) is 4.90 Å². The third-order valence-electron chi connectivity index (χ3n) is 6.17. The van der Waals surface area contributed by atoms with Gasteiger partial charge in [-0.15, -0.1) is 0 Å². The lowest BCUT2D eigenvalue weighted by Gasteiger charge is -2.35. The lowest BCUT2D eigenvalue weighted by molar-refractivity contribution is -0.116. The maximum Gasteiger partial charge on any atom is 0.224 e. The molecule has 6 nitrogen and oxygen atoms in total. The van der Waals surface area contributed by atoms with Crippen molar-refractivity contribution in [1.29, 1.82) is 0 Å². The molecule has 2 N–H and O–H groups in total. The van der Waals surface area contributed by atoms with Crippen LogP contribution in [0.2, 0.25) is 0 Å². The number of piperidine rings is 1. The molecule has 0 radical (unpaired) electrons. The van der Waals surface area contributed by atoms with E-state index in [4.69, 9.17) is 9.15 Å². The molecule has 1 amide bonds. The zero-order valence-electron chi connectivity index (χ0n) is 17.1. The molecule has 0 bridgehead atoms. The number of rotatable bonds is 4. The zero-order chi connectivity index (χ0) is 20.7. The molecule has 0 spiro atoms. The summed E-state index contributed by atoms with van der Waals surface area (Å²) < 4.78 is 12.2. The Bertz CT molecular complexity index is 1090. The molecule has 0 aliphatic carbocycles. The number of aliphatic hydroxyl groups is 1. The number of nitrogens with one attached hydrogen (secondary N) is 1. The number of amides is 1. The molecule has 1 aromatic heterocycles. The summed E-state index contributed by atoms with van der Waals surface area (Å²) in [5.74, 6) is 1.76. The van der Waals surface area contributed by atoms with Crippen LogP contribution >= 0.6 is 0 Å². The second-order valence-corrected chi connectivity index (χ2v) is 8.26. The maximum absolute atomic E-state index is 11.5. The monoisotopic (exact) mass is 406 g/mol. The van der Waals surface area contributed by atoms with Gasteiger partial charge in [-0.25, -0.2) is 0 Å². The zero-order valence-corrected chi connectivity index (χ0v) is 17.1. The smallest absolute Gasteiger partial charge is 0.224 e. The SMILES string of the molecule is Cc1c(CN2CC[C@@H](Oc3ccc4c(c3)CCC(=O)N4)[C@H](O)C2)oc2ccccc12. The molecule has 1 fully saturated rings. The van der Waals surface area contributed by atoms with Crippen LogP contribution in [-0.4, -0.2) is 41.2 Å². The van der Waals surface area contributed by atoms with Crippen LogP contribution in [0.15, 0.2) is 46.9 Å².